The molecule has 5 nitrogen and oxygen atoms in total. The first-order valence-corrected chi connectivity index (χ1v) is 8.06. The summed E-state index contributed by atoms with van der Waals surface area (Å²) in [4.78, 5) is 11.9. The molecule has 1 aromatic heterocycles. The molecule has 1 heterocycles. The maximum absolute atomic E-state index is 12.8. The first-order chi connectivity index (χ1) is 12.2. The van der Waals surface area contributed by atoms with Crippen molar-refractivity contribution in [3.05, 3.63) is 83.8 Å². The summed E-state index contributed by atoms with van der Waals surface area (Å²) in [7, 11) is 0. The van der Waals surface area contributed by atoms with Crippen molar-refractivity contribution in [3.8, 4) is 0 Å². The van der Waals surface area contributed by atoms with Gasteiger partial charge in [0.15, 0.2) is 5.82 Å². The zero-order valence-electron chi connectivity index (χ0n) is 13.7. The van der Waals surface area contributed by atoms with E-state index in [2.05, 4.69) is 15.7 Å². The summed E-state index contributed by atoms with van der Waals surface area (Å²) in [6.45, 7) is 1.11. The summed E-state index contributed by atoms with van der Waals surface area (Å²) in [5.74, 6) is 0.232. The predicted octanol–water partition coefficient (Wildman–Crippen LogP) is 3.43. The number of aromatic nitrogens is 2. The highest BCUT2D eigenvalue weighted by Gasteiger charge is 2.05. The second-order valence-electron chi connectivity index (χ2n) is 5.64. The van der Waals surface area contributed by atoms with E-state index < -0.39 is 0 Å². The third-order valence-corrected chi connectivity index (χ3v) is 3.68. The van der Waals surface area contributed by atoms with Crippen LogP contribution >= 0.6 is 0 Å². The van der Waals surface area contributed by atoms with Gasteiger partial charge in [0.2, 0.25) is 0 Å². The number of benzene rings is 2. The predicted molar refractivity (Wildman–Crippen MR) is 94.9 cm³/mol. The zero-order valence-corrected chi connectivity index (χ0v) is 13.7. The minimum absolute atomic E-state index is 0.263. The van der Waals surface area contributed by atoms with Gasteiger partial charge in [-0.3, -0.25) is 10.00 Å². The van der Waals surface area contributed by atoms with Crippen molar-refractivity contribution in [3.63, 3.8) is 0 Å². The molecule has 2 aromatic carbocycles. The van der Waals surface area contributed by atoms with Crippen molar-refractivity contribution in [2.45, 2.75) is 13.0 Å². The van der Waals surface area contributed by atoms with Crippen LogP contribution in [0.5, 0.6) is 0 Å². The molecular weight excluding hydrogens is 319 g/mol. The Bertz CT molecular complexity index is 815. The highest BCUT2D eigenvalue weighted by Crippen LogP contribution is 2.06. The molecule has 128 valence electrons. The van der Waals surface area contributed by atoms with E-state index in [4.69, 9.17) is 0 Å². The van der Waals surface area contributed by atoms with Gasteiger partial charge in [-0.25, -0.2) is 9.18 Å². The van der Waals surface area contributed by atoms with E-state index >= 15 is 0 Å². The van der Waals surface area contributed by atoms with Crippen LogP contribution < -0.4 is 10.6 Å². The number of urea groups is 1. The van der Waals surface area contributed by atoms with Gasteiger partial charge in [-0.1, -0.05) is 42.5 Å². The van der Waals surface area contributed by atoms with Crippen LogP contribution in [0.3, 0.4) is 0 Å². The molecule has 0 bridgehead atoms. The monoisotopic (exact) mass is 338 g/mol. The molecule has 0 atom stereocenters. The topological polar surface area (TPSA) is 59.0 Å². The van der Waals surface area contributed by atoms with Gasteiger partial charge in [-0.05, 0) is 29.7 Å². The van der Waals surface area contributed by atoms with Crippen LogP contribution in [-0.2, 0) is 13.0 Å². The molecule has 0 saturated carbocycles. The van der Waals surface area contributed by atoms with Gasteiger partial charge < -0.3 is 5.32 Å². The van der Waals surface area contributed by atoms with Crippen LogP contribution in [0.4, 0.5) is 15.0 Å². The summed E-state index contributed by atoms with van der Waals surface area (Å²) in [6.07, 6.45) is 2.46. The largest absolute Gasteiger partial charge is 0.337 e. The summed E-state index contributed by atoms with van der Waals surface area (Å²) in [5.41, 5.74) is 2.11. The Labute approximate surface area is 145 Å². The van der Waals surface area contributed by atoms with Gasteiger partial charge in [-0.2, -0.15) is 5.10 Å². The number of amides is 2. The second-order valence-corrected chi connectivity index (χ2v) is 5.64. The van der Waals surface area contributed by atoms with E-state index in [0.29, 0.717) is 25.3 Å². The first kappa shape index (κ1) is 16.7. The molecule has 25 heavy (non-hydrogen) atoms. The molecule has 0 radical (unpaired) electrons. The molecule has 0 aliphatic carbocycles. The molecule has 2 N–H and O–H groups in total. The molecule has 0 fully saturated rings. The molecule has 3 rings (SSSR count). The Morgan fingerprint density at radius 2 is 1.76 bits per heavy atom. The number of anilines is 1. The highest BCUT2D eigenvalue weighted by atomic mass is 19.1. The third kappa shape index (κ3) is 5.17. The SMILES string of the molecule is O=C(NCCc1ccc(F)cc1)Nc1ccn(Cc2ccccc2)n1. The van der Waals surface area contributed by atoms with Gasteiger partial charge >= 0.3 is 6.03 Å². The molecule has 0 saturated heterocycles. The van der Waals surface area contributed by atoms with Crippen molar-refractivity contribution in [2.24, 2.45) is 0 Å². The lowest BCUT2D eigenvalue weighted by molar-refractivity contribution is 0.252. The molecule has 3 aromatic rings. The normalized spacial score (nSPS) is 10.4. The van der Waals surface area contributed by atoms with Crippen molar-refractivity contribution in [2.75, 3.05) is 11.9 Å². The van der Waals surface area contributed by atoms with E-state index in [-0.39, 0.29) is 11.8 Å². The molecule has 0 aliphatic heterocycles. The van der Waals surface area contributed by atoms with Crippen LogP contribution in [0.2, 0.25) is 0 Å². The Kier molecular flexibility index (Phi) is 5.41. The zero-order chi connectivity index (χ0) is 17.5. The Hall–Kier alpha value is -3.15. The average Bonchev–Trinajstić information content (AvgIpc) is 3.04. The number of rotatable bonds is 6. The van der Waals surface area contributed by atoms with Gasteiger partial charge in [-0.15, -0.1) is 0 Å². The van der Waals surface area contributed by atoms with E-state index in [1.807, 2.05) is 36.5 Å². The molecule has 0 spiro atoms. The lowest BCUT2D eigenvalue weighted by Gasteiger charge is -2.06. The van der Waals surface area contributed by atoms with Gasteiger partial charge in [0.25, 0.3) is 0 Å². The van der Waals surface area contributed by atoms with E-state index in [1.54, 1.807) is 22.9 Å². The first-order valence-electron chi connectivity index (χ1n) is 8.06. The van der Waals surface area contributed by atoms with E-state index in [0.717, 1.165) is 11.1 Å². The number of hydrogen-bond donors (Lipinski definition) is 2. The molecule has 2 amide bonds. The van der Waals surface area contributed by atoms with E-state index in [1.165, 1.54) is 12.1 Å². The Morgan fingerprint density at radius 1 is 1.00 bits per heavy atom. The van der Waals surface area contributed by atoms with Crippen LogP contribution in [0, 0.1) is 5.82 Å². The van der Waals surface area contributed by atoms with E-state index in [9.17, 15) is 9.18 Å². The molecule has 0 aliphatic rings. The molecular formula is C19H19FN4O. The number of carbonyl (C=O) groups excluding carboxylic acids is 1. The number of hydrogen-bond acceptors (Lipinski definition) is 2. The molecule has 0 unspecified atom stereocenters. The lowest BCUT2D eigenvalue weighted by Crippen LogP contribution is -2.30. The van der Waals surface area contributed by atoms with Gasteiger partial charge in [0.1, 0.15) is 5.82 Å². The number of carbonyl (C=O) groups is 1. The van der Waals surface area contributed by atoms with Gasteiger partial charge in [0, 0.05) is 18.8 Å². The molecule has 6 heteroatoms. The van der Waals surface area contributed by atoms with Crippen molar-refractivity contribution < 1.29 is 9.18 Å². The third-order valence-electron chi connectivity index (χ3n) is 3.68. The van der Waals surface area contributed by atoms with Crippen LogP contribution in [0.25, 0.3) is 0 Å². The summed E-state index contributed by atoms with van der Waals surface area (Å²) in [5, 5.41) is 9.79. The van der Waals surface area contributed by atoms with Crippen LogP contribution in [0.1, 0.15) is 11.1 Å². The summed E-state index contributed by atoms with van der Waals surface area (Å²) >= 11 is 0. The highest BCUT2D eigenvalue weighted by molar-refractivity contribution is 5.88. The summed E-state index contributed by atoms with van der Waals surface area (Å²) < 4.78 is 14.6. The minimum Gasteiger partial charge on any atom is -0.337 e. The van der Waals surface area contributed by atoms with Crippen molar-refractivity contribution >= 4 is 11.8 Å². The Balaban J connectivity index is 1.44. The number of nitrogens with one attached hydrogen (secondary N) is 2. The van der Waals surface area contributed by atoms with Crippen LogP contribution in [-0.4, -0.2) is 22.4 Å². The quantitative estimate of drug-likeness (QED) is 0.723. The van der Waals surface area contributed by atoms with Crippen molar-refractivity contribution in [1.29, 1.82) is 0 Å². The fraction of sp³-hybridized carbons (Fsp3) is 0.158. The maximum Gasteiger partial charge on any atom is 0.320 e. The number of halogens is 1. The minimum atomic E-state index is -0.313. The lowest BCUT2D eigenvalue weighted by atomic mass is 10.1. The maximum atomic E-state index is 12.8. The fourth-order valence-electron chi connectivity index (χ4n) is 2.42. The smallest absolute Gasteiger partial charge is 0.320 e. The number of nitrogens with zero attached hydrogens (tertiary/aromatic N) is 2. The van der Waals surface area contributed by atoms with Gasteiger partial charge in [0.05, 0.1) is 6.54 Å². The Morgan fingerprint density at radius 3 is 2.52 bits per heavy atom. The summed E-state index contributed by atoms with van der Waals surface area (Å²) in [6, 6.07) is 17.7. The van der Waals surface area contributed by atoms with Crippen molar-refractivity contribution in [1.82, 2.24) is 15.1 Å². The fourth-order valence-corrected chi connectivity index (χ4v) is 2.42. The standard InChI is InChI=1S/C19H19FN4O/c20-17-8-6-15(7-9-17)10-12-21-19(25)22-18-11-13-24(23-18)14-16-4-2-1-3-5-16/h1-9,11,13H,10,12,14H2,(H2,21,22,23,25). The second kappa shape index (κ2) is 8.10. The van der Waals surface area contributed by atoms with Crippen LogP contribution in [0.15, 0.2) is 66.9 Å². The average molecular weight is 338 g/mol.